The Bertz CT molecular complexity index is 769. The molecule has 0 aliphatic rings. The van der Waals surface area contributed by atoms with Gasteiger partial charge in [-0.05, 0) is 35.6 Å². The molecule has 0 radical (unpaired) electrons. The lowest BCUT2D eigenvalue weighted by molar-refractivity contribution is 0.223. The first-order chi connectivity index (χ1) is 11.7. The van der Waals surface area contributed by atoms with Crippen molar-refractivity contribution in [1.82, 2.24) is 19.7 Å². The third kappa shape index (κ3) is 4.42. The van der Waals surface area contributed by atoms with Gasteiger partial charge in [-0.25, -0.2) is 4.79 Å². The van der Waals surface area contributed by atoms with Gasteiger partial charge in [-0.1, -0.05) is 6.07 Å². The Morgan fingerprint density at radius 2 is 2.12 bits per heavy atom. The highest BCUT2D eigenvalue weighted by Crippen LogP contribution is 2.10. The number of hydrogen-bond donors (Lipinski definition) is 1. The van der Waals surface area contributed by atoms with E-state index in [4.69, 9.17) is 0 Å². The number of pyridine rings is 1. The summed E-state index contributed by atoms with van der Waals surface area (Å²) in [5.41, 5.74) is 1.11. The molecule has 0 atom stereocenters. The van der Waals surface area contributed by atoms with Gasteiger partial charge in [0.25, 0.3) is 0 Å². The van der Waals surface area contributed by atoms with Crippen molar-refractivity contribution in [1.29, 1.82) is 0 Å². The van der Waals surface area contributed by atoms with E-state index in [2.05, 4.69) is 21.5 Å². The van der Waals surface area contributed by atoms with E-state index >= 15 is 0 Å². The largest absolute Gasteiger partial charge is 0.327 e. The fraction of sp³-hybridized carbons (Fsp3) is 0.235. The molecule has 0 spiro atoms. The Balaban J connectivity index is 1.51. The standard InChI is InChI=1S/C17H19N5OS/c1-21(10-6-15-3-2-12-24-15)17(23)19-16-7-11-22(20-16)13-14-4-8-18-9-5-14/h2-5,7-9,11-12H,6,10,13H2,1H3,(H,19,20,23). The molecule has 2 amide bonds. The van der Waals surface area contributed by atoms with Crippen molar-refractivity contribution in [3.05, 3.63) is 64.7 Å². The number of urea groups is 1. The molecule has 124 valence electrons. The van der Waals surface area contributed by atoms with Gasteiger partial charge in [0.05, 0.1) is 6.54 Å². The van der Waals surface area contributed by atoms with Gasteiger partial charge < -0.3 is 4.90 Å². The quantitative estimate of drug-likeness (QED) is 0.749. The molecule has 24 heavy (non-hydrogen) atoms. The lowest BCUT2D eigenvalue weighted by Crippen LogP contribution is -2.33. The molecule has 3 rings (SSSR count). The number of rotatable bonds is 6. The second kappa shape index (κ2) is 7.74. The van der Waals surface area contributed by atoms with Crippen molar-refractivity contribution in [2.45, 2.75) is 13.0 Å². The summed E-state index contributed by atoms with van der Waals surface area (Å²) >= 11 is 1.71. The molecule has 3 heterocycles. The Hall–Kier alpha value is -2.67. The van der Waals surface area contributed by atoms with Gasteiger partial charge in [-0.2, -0.15) is 5.10 Å². The van der Waals surface area contributed by atoms with Crippen molar-refractivity contribution < 1.29 is 4.79 Å². The molecular formula is C17H19N5OS. The molecule has 0 aliphatic heterocycles. The average Bonchev–Trinajstić information content (AvgIpc) is 3.25. The predicted molar refractivity (Wildman–Crippen MR) is 95.2 cm³/mol. The fourth-order valence-corrected chi connectivity index (χ4v) is 2.93. The van der Waals surface area contributed by atoms with Crippen molar-refractivity contribution in [3.63, 3.8) is 0 Å². The molecule has 0 aliphatic carbocycles. The summed E-state index contributed by atoms with van der Waals surface area (Å²) in [7, 11) is 1.79. The van der Waals surface area contributed by atoms with Crippen molar-refractivity contribution >= 4 is 23.2 Å². The molecule has 0 fully saturated rings. The van der Waals surface area contributed by atoms with Crippen LogP contribution in [0, 0.1) is 0 Å². The van der Waals surface area contributed by atoms with Crippen LogP contribution in [0.4, 0.5) is 10.6 Å². The van der Waals surface area contributed by atoms with Gasteiger partial charge in [-0.15, -0.1) is 11.3 Å². The number of hydrogen-bond acceptors (Lipinski definition) is 4. The number of amides is 2. The fourth-order valence-electron chi connectivity index (χ4n) is 2.23. The number of carbonyl (C=O) groups excluding carboxylic acids is 1. The maximum absolute atomic E-state index is 12.2. The van der Waals surface area contributed by atoms with E-state index in [1.54, 1.807) is 46.4 Å². The van der Waals surface area contributed by atoms with E-state index in [1.807, 2.05) is 29.8 Å². The van der Waals surface area contributed by atoms with Gasteiger partial charge in [0, 0.05) is 43.1 Å². The maximum Gasteiger partial charge on any atom is 0.322 e. The molecule has 0 saturated heterocycles. The smallest absolute Gasteiger partial charge is 0.322 e. The first-order valence-electron chi connectivity index (χ1n) is 7.67. The summed E-state index contributed by atoms with van der Waals surface area (Å²) in [4.78, 5) is 19.1. The predicted octanol–water partition coefficient (Wildman–Crippen LogP) is 3.09. The minimum atomic E-state index is -0.152. The normalized spacial score (nSPS) is 10.5. The molecule has 0 bridgehead atoms. The monoisotopic (exact) mass is 341 g/mol. The number of likely N-dealkylation sites (N-methyl/N-ethyl adjacent to an activating group) is 1. The summed E-state index contributed by atoms with van der Waals surface area (Å²) < 4.78 is 1.79. The molecule has 3 aromatic heterocycles. The molecule has 1 N–H and O–H groups in total. The second-order valence-electron chi connectivity index (χ2n) is 5.44. The van der Waals surface area contributed by atoms with Crippen LogP contribution in [0.3, 0.4) is 0 Å². The lowest BCUT2D eigenvalue weighted by atomic mass is 10.3. The van der Waals surface area contributed by atoms with Crippen LogP contribution in [0.15, 0.2) is 54.3 Å². The third-order valence-corrected chi connectivity index (χ3v) is 4.53. The topological polar surface area (TPSA) is 63.1 Å². The van der Waals surface area contributed by atoms with Gasteiger partial charge in [0.15, 0.2) is 5.82 Å². The van der Waals surface area contributed by atoms with Crippen LogP contribution in [0.5, 0.6) is 0 Å². The van der Waals surface area contributed by atoms with E-state index in [9.17, 15) is 4.79 Å². The van der Waals surface area contributed by atoms with Gasteiger partial charge in [0.2, 0.25) is 0 Å². The van der Waals surface area contributed by atoms with Crippen LogP contribution in [0.25, 0.3) is 0 Å². The number of thiophene rings is 1. The first-order valence-corrected chi connectivity index (χ1v) is 8.55. The van der Waals surface area contributed by atoms with Gasteiger partial charge >= 0.3 is 6.03 Å². The number of nitrogens with zero attached hydrogens (tertiary/aromatic N) is 4. The lowest BCUT2D eigenvalue weighted by Gasteiger charge is -2.16. The van der Waals surface area contributed by atoms with E-state index in [1.165, 1.54) is 4.88 Å². The van der Waals surface area contributed by atoms with Crippen molar-refractivity contribution in [2.75, 3.05) is 18.9 Å². The molecule has 3 aromatic rings. The summed E-state index contributed by atoms with van der Waals surface area (Å²) in [6, 6.07) is 9.64. The van der Waals surface area contributed by atoms with E-state index in [0.29, 0.717) is 18.9 Å². The molecule has 0 aromatic carbocycles. The zero-order chi connectivity index (χ0) is 16.8. The van der Waals surface area contributed by atoms with Crippen LogP contribution in [-0.2, 0) is 13.0 Å². The van der Waals surface area contributed by atoms with Gasteiger partial charge in [0.1, 0.15) is 0 Å². The van der Waals surface area contributed by atoms with Crippen molar-refractivity contribution in [2.24, 2.45) is 0 Å². The Kier molecular flexibility index (Phi) is 5.22. The minimum absolute atomic E-state index is 0.152. The number of anilines is 1. The zero-order valence-corrected chi connectivity index (χ0v) is 14.2. The molecule has 6 nitrogen and oxygen atoms in total. The van der Waals surface area contributed by atoms with Crippen LogP contribution in [0.2, 0.25) is 0 Å². The first kappa shape index (κ1) is 16.2. The van der Waals surface area contributed by atoms with Crippen LogP contribution >= 0.6 is 11.3 Å². The zero-order valence-electron chi connectivity index (χ0n) is 13.4. The number of nitrogens with one attached hydrogen (secondary N) is 1. The summed E-state index contributed by atoms with van der Waals surface area (Å²) in [5.74, 6) is 0.553. The molecule has 0 saturated carbocycles. The summed E-state index contributed by atoms with van der Waals surface area (Å²) in [6.45, 7) is 1.32. The average molecular weight is 341 g/mol. The highest BCUT2D eigenvalue weighted by atomic mass is 32.1. The minimum Gasteiger partial charge on any atom is -0.327 e. The summed E-state index contributed by atoms with van der Waals surface area (Å²) in [5, 5.41) is 9.25. The highest BCUT2D eigenvalue weighted by Gasteiger charge is 2.10. The van der Waals surface area contributed by atoms with Crippen LogP contribution in [0.1, 0.15) is 10.4 Å². The second-order valence-corrected chi connectivity index (χ2v) is 6.47. The van der Waals surface area contributed by atoms with E-state index in [-0.39, 0.29) is 6.03 Å². The Morgan fingerprint density at radius 3 is 2.88 bits per heavy atom. The van der Waals surface area contributed by atoms with Gasteiger partial charge in [-0.3, -0.25) is 15.0 Å². The van der Waals surface area contributed by atoms with Crippen LogP contribution in [-0.4, -0.2) is 39.3 Å². The number of aromatic nitrogens is 3. The Labute approximate surface area is 144 Å². The summed E-state index contributed by atoms with van der Waals surface area (Å²) in [6.07, 6.45) is 6.22. The number of carbonyl (C=O) groups is 1. The third-order valence-electron chi connectivity index (χ3n) is 3.59. The van der Waals surface area contributed by atoms with Crippen molar-refractivity contribution in [3.8, 4) is 0 Å². The molecule has 0 unspecified atom stereocenters. The maximum atomic E-state index is 12.2. The highest BCUT2D eigenvalue weighted by molar-refractivity contribution is 7.09. The van der Waals surface area contributed by atoms with E-state index < -0.39 is 0 Å². The van der Waals surface area contributed by atoms with E-state index in [0.717, 1.165) is 12.0 Å². The SMILES string of the molecule is CN(CCc1cccs1)C(=O)Nc1ccn(Cc2ccncc2)n1. The molecular weight excluding hydrogens is 322 g/mol. The Morgan fingerprint density at radius 1 is 1.29 bits per heavy atom. The van der Waals surface area contributed by atoms with Crippen LogP contribution < -0.4 is 5.32 Å². The molecule has 7 heteroatoms.